The summed E-state index contributed by atoms with van der Waals surface area (Å²) < 4.78 is 10.7. The minimum absolute atomic E-state index is 0.0471. The zero-order valence-electron chi connectivity index (χ0n) is 13.7. The van der Waals surface area contributed by atoms with E-state index < -0.39 is 11.4 Å². The summed E-state index contributed by atoms with van der Waals surface area (Å²) in [7, 11) is 1.47. The molecular weight excluding hydrogens is 298 g/mol. The molecule has 6 heteroatoms. The number of carbonyl (C=O) groups is 2. The molecule has 23 heavy (non-hydrogen) atoms. The largest absolute Gasteiger partial charge is 0.490 e. The molecule has 0 bridgehead atoms. The van der Waals surface area contributed by atoms with Crippen LogP contribution < -0.4 is 4.74 Å². The van der Waals surface area contributed by atoms with Gasteiger partial charge in [0.15, 0.2) is 0 Å². The highest BCUT2D eigenvalue weighted by Gasteiger charge is 2.46. The van der Waals surface area contributed by atoms with Crippen molar-refractivity contribution in [3.05, 3.63) is 29.8 Å². The van der Waals surface area contributed by atoms with Gasteiger partial charge in [0.1, 0.15) is 11.2 Å². The van der Waals surface area contributed by atoms with Crippen molar-refractivity contribution >= 4 is 11.9 Å². The van der Waals surface area contributed by atoms with Crippen LogP contribution in [0.1, 0.15) is 30.6 Å². The van der Waals surface area contributed by atoms with Crippen molar-refractivity contribution in [2.45, 2.75) is 26.4 Å². The Morgan fingerprint density at radius 1 is 1.35 bits per heavy atom. The summed E-state index contributed by atoms with van der Waals surface area (Å²) >= 11 is 0. The number of hydrogen-bond donors (Lipinski definition) is 1. The average Bonchev–Trinajstić information content (AvgIpc) is 2.92. The summed E-state index contributed by atoms with van der Waals surface area (Å²) in [5.74, 6) is -0.617. The van der Waals surface area contributed by atoms with Crippen molar-refractivity contribution in [2.75, 3.05) is 26.8 Å². The fourth-order valence-corrected chi connectivity index (χ4v) is 2.85. The van der Waals surface area contributed by atoms with Crippen molar-refractivity contribution in [1.29, 1.82) is 0 Å². The maximum atomic E-state index is 12.8. The molecule has 0 spiro atoms. The summed E-state index contributed by atoms with van der Waals surface area (Å²) in [6, 6.07) is 7.04. The molecule has 1 amide bonds. The van der Waals surface area contributed by atoms with Gasteiger partial charge in [-0.2, -0.15) is 0 Å². The first-order valence-electron chi connectivity index (χ1n) is 7.67. The minimum atomic E-state index is -1.03. The van der Waals surface area contributed by atoms with Crippen LogP contribution in [0.2, 0.25) is 0 Å². The van der Waals surface area contributed by atoms with Crippen LogP contribution >= 0.6 is 0 Å². The summed E-state index contributed by atoms with van der Waals surface area (Å²) in [5, 5.41) is 9.50. The summed E-state index contributed by atoms with van der Waals surface area (Å²) in [4.78, 5) is 25.9. The lowest BCUT2D eigenvalue weighted by atomic mass is 9.88. The van der Waals surface area contributed by atoms with Crippen molar-refractivity contribution in [3.63, 3.8) is 0 Å². The van der Waals surface area contributed by atoms with E-state index in [4.69, 9.17) is 9.47 Å². The van der Waals surface area contributed by atoms with Crippen LogP contribution in [0.25, 0.3) is 0 Å². The Morgan fingerprint density at radius 2 is 2.04 bits per heavy atom. The van der Waals surface area contributed by atoms with Crippen LogP contribution in [0.3, 0.4) is 0 Å². The number of carboxylic acids is 1. The number of ether oxygens (including phenoxy) is 2. The Bertz CT molecular complexity index is 586. The smallest absolute Gasteiger partial charge is 0.313 e. The number of carbonyl (C=O) groups excluding carboxylic acids is 1. The molecule has 6 nitrogen and oxygen atoms in total. The van der Waals surface area contributed by atoms with Gasteiger partial charge >= 0.3 is 5.97 Å². The van der Waals surface area contributed by atoms with Gasteiger partial charge in [-0.1, -0.05) is 12.1 Å². The summed E-state index contributed by atoms with van der Waals surface area (Å²) in [6.45, 7) is 4.42. The molecule has 0 aromatic heterocycles. The topological polar surface area (TPSA) is 76.1 Å². The average molecular weight is 321 g/mol. The molecule has 1 fully saturated rings. The zero-order chi connectivity index (χ0) is 17.0. The maximum Gasteiger partial charge on any atom is 0.313 e. The highest BCUT2D eigenvalue weighted by molar-refractivity contribution is 5.97. The molecule has 1 aromatic carbocycles. The molecule has 0 aliphatic carbocycles. The van der Waals surface area contributed by atoms with Crippen molar-refractivity contribution in [3.8, 4) is 5.75 Å². The minimum Gasteiger partial charge on any atom is -0.490 e. The maximum absolute atomic E-state index is 12.8. The van der Waals surface area contributed by atoms with Gasteiger partial charge in [0, 0.05) is 20.2 Å². The number of hydrogen-bond acceptors (Lipinski definition) is 4. The number of benzene rings is 1. The molecule has 126 valence electrons. The lowest BCUT2D eigenvalue weighted by molar-refractivity contribution is -0.151. The van der Waals surface area contributed by atoms with Gasteiger partial charge in [-0.3, -0.25) is 9.59 Å². The van der Waals surface area contributed by atoms with E-state index in [0.717, 1.165) is 0 Å². The SMILES string of the molecule is COCC1(C(=O)O)CCN(C(=O)c2ccccc2OC(C)C)C1. The van der Waals surface area contributed by atoms with Crippen molar-refractivity contribution in [1.82, 2.24) is 4.90 Å². The van der Waals surface area contributed by atoms with E-state index in [-0.39, 0.29) is 25.2 Å². The number of rotatable bonds is 6. The van der Waals surface area contributed by atoms with Crippen LogP contribution in [0.15, 0.2) is 24.3 Å². The highest BCUT2D eigenvalue weighted by Crippen LogP contribution is 2.33. The lowest BCUT2D eigenvalue weighted by Crippen LogP contribution is -2.40. The third-order valence-corrected chi connectivity index (χ3v) is 4.00. The van der Waals surface area contributed by atoms with Gasteiger partial charge < -0.3 is 19.5 Å². The Kier molecular flexibility index (Phi) is 5.26. The van der Waals surface area contributed by atoms with Crippen LogP contribution in [-0.4, -0.2) is 54.8 Å². The van der Waals surface area contributed by atoms with E-state index in [1.165, 1.54) is 7.11 Å². The van der Waals surface area contributed by atoms with Gasteiger partial charge in [0.25, 0.3) is 5.91 Å². The molecule has 1 aliphatic rings. The Balaban J connectivity index is 2.21. The molecule has 1 aromatic rings. The second kappa shape index (κ2) is 7.00. The molecule has 1 N–H and O–H groups in total. The summed E-state index contributed by atoms with van der Waals surface area (Å²) in [5.41, 5.74) is -0.571. The second-order valence-corrected chi connectivity index (χ2v) is 6.16. The van der Waals surface area contributed by atoms with E-state index in [0.29, 0.717) is 24.3 Å². The lowest BCUT2D eigenvalue weighted by Gasteiger charge is -2.24. The van der Waals surface area contributed by atoms with Crippen LogP contribution in [-0.2, 0) is 9.53 Å². The molecular formula is C17H23NO5. The van der Waals surface area contributed by atoms with Gasteiger partial charge in [-0.15, -0.1) is 0 Å². The zero-order valence-corrected chi connectivity index (χ0v) is 13.7. The van der Waals surface area contributed by atoms with E-state index in [1.54, 1.807) is 23.1 Å². The first-order valence-corrected chi connectivity index (χ1v) is 7.67. The molecule has 1 aliphatic heterocycles. The normalized spacial score (nSPS) is 20.8. The molecule has 1 unspecified atom stereocenters. The number of methoxy groups -OCH3 is 1. The molecule has 0 radical (unpaired) electrons. The predicted molar refractivity (Wildman–Crippen MR) is 84.7 cm³/mol. The number of amides is 1. The van der Waals surface area contributed by atoms with Crippen LogP contribution in [0, 0.1) is 5.41 Å². The molecule has 2 rings (SSSR count). The van der Waals surface area contributed by atoms with E-state index >= 15 is 0 Å². The number of likely N-dealkylation sites (tertiary alicyclic amines) is 1. The Morgan fingerprint density at radius 3 is 2.65 bits per heavy atom. The summed E-state index contributed by atoms with van der Waals surface area (Å²) in [6.07, 6.45) is 0.337. The third-order valence-electron chi connectivity index (χ3n) is 4.00. The number of carboxylic acid groups (broad SMARTS) is 1. The molecule has 0 saturated carbocycles. The highest BCUT2D eigenvalue weighted by atomic mass is 16.5. The number of para-hydroxylation sites is 1. The van der Waals surface area contributed by atoms with Gasteiger partial charge in [0.05, 0.1) is 18.3 Å². The molecule has 1 saturated heterocycles. The predicted octanol–water partition coefficient (Wildman–Crippen LogP) is 2.04. The first kappa shape index (κ1) is 17.3. The van der Waals surface area contributed by atoms with Crippen LogP contribution in [0.4, 0.5) is 0 Å². The number of aliphatic carboxylic acids is 1. The number of nitrogens with zero attached hydrogens (tertiary/aromatic N) is 1. The quantitative estimate of drug-likeness (QED) is 0.867. The van der Waals surface area contributed by atoms with Crippen molar-refractivity contribution < 1.29 is 24.2 Å². The van der Waals surface area contributed by atoms with E-state index in [2.05, 4.69) is 0 Å². The van der Waals surface area contributed by atoms with Gasteiger partial charge in [-0.05, 0) is 32.4 Å². The van der Waals surface area contributed by atoms with Gasteiger partial charge in [-0.25, -0.2) is 0 Å². The van der Waals surface area contributed by atoms with Gasteiger partial charge in [0.2, 0.25) is 0 Å². The molecule has 1 atom stereocenters. The second-order valence-electron chi connectivity index (χ2n) is 6.16. The standard InChI is InChI=1S/C17H23NO5/c1-12(2)23-14-7-5-4-6-13(14)15(19)18-9-8-17(10-18,11-22-3)16(20)21/h4-7,12H,8-11H2,1-3H3,(H,20,21). The van der Waals surface area contributed by atoms with Crippen molar-refractivity contribution in [2.24, 2.45) is 5.41 Å². The Hall–Kier alpha value is -2.08. The van der Waals surface area contributed by atoms with E-state index in [9.17, 15) is 14.7 Å². The Labute approximate surface area is 136 Å². The monoisotopic (exact) mass is 321 g/mol. The van der Waals surface area contributed by atoms with E-state index in [1.807, 2.05) is 19.9 Å². The van der Waals surface area contributed by atoms with Crippen LogP contribution in [0.5, 0.6) is 5.75 Å². The third kappa shape index (κ3) is 3.64. The molecule has 1 heterocycles. The fraction of sp³-hybridized carbons (Fsp3) is 0.529. The first-order chi connectivity index (χ1) is 10.9. The fourth-order valence-electron chi connectivity index (χ4n) is 2.85.